The molecule has 0 saturated heterocycles. The molecule has 1 aromatic carbocycles. The minimum Gasteiger partial charge on any atom is -0.490 e. The van der Waals surface area contributed by atoms with Gasteiger partial charge in [0.15, 0.2) is 17.5 Å². The maximum Gasteiger partial charge on any atom is 0.243 e. The molecule has 8 nitrogen and oxygen atoms in total. The van der Waals surface area contributed by atoms with Gasteiger partial charge in [0.1, 0.15) is 12.3 Å². The molecule has 170 valence electrons. The van der Waals surface area contributed by atoms with Gasteiger partial charge in [-0.1, -0.05) is 6.07 Å². The Bertz CT molecular complexity index is 834. The fraction of sp³-hybridized carbons (Fsp3) is 0.478. The number of amides is 1. The lowest BCUT2D eigenvalue weighted by Gasteiger charge is -2.20. The van der Waals surface area contributed by atoms with Crippen LogP contribution in [-0.4, -0.2) is 57.2 Å². The molecule has 31 heavy (non-hydrogen) atoms. The van der Waals surface area contributed by atoms with E-state index < -0.39 is 0 Å². The van der Waals surface area contributed by atoms with E-state index in [1.807, 2.05) is 51.1 Å². The Kier molecular flexibility index (Phi) is 9.74. The topological polar surface area (TPSA) is 88.3 Å². The largest absolute Gasteiger partial charge is 0.490 e. The summed E-state index contributed by atoms with van der Waals surface area (Å²) in [5.41, 5.74) is 1.02. The van der Waals surface area contributed by atoms with Gasteiger partial charge in [0.2, 0.25) is 5.91 Å². The number of rotatable bonds is 11. The van der Waals surface area contributed by atoms with Gasteiger partial charge in [-0.05, 0) is 50.6 Å². The second-order valence-corrected chi connectivity index (χ2v) is 7.15. The van der Waals surface area contributed by atoms with Crippen molar-refractivity contribution >= 4 is 11.9 Å². The maximum absolute atomic E-state index is 12.0. The summed E-state index contributed by atoms with van der Waals surface area (Å²) < 4.78 is 16.8. The van der Waals surface area contributed by atoms with Crippen LogP contribution in [0, 0.1) is 0 Å². The SMILES string of the molecule is CCOc1ccc(C(C)NC(=NCC(=O)N(C)C)NCCc2ccco2)cc1OCC. The highest BCUT2D eigenvalue weighted by molar-refractivity contribution is 5.85. The van der Waals surface area contributed by atoms with Crippen molar-refractivity contribution in [3.8, 4) is 11.5 Å². The Balaban J connectivity index is 2.10. The van der Waals surface area contributed by atoms with E-state index in [0.717, 1.165) is 17.1 Å². The van der Waals surface area contributed by atoms with E-state index >= 15 is 0 Å². The number of nitrogens with zero attached hydrogens (tertiary/aromatic N) is 2. The van der Waals surface area contributed by atoms with E-state index in [4.69, 9.17) is 13.9 Å². The Morgan fingerprint density at radius 2 is 1.90 bits per heavy atom. The maximum atomic E-state index is 12.0. The van der Waals surface area contributed by atoms with Crippen LogP contribution in [0.1, 0.15) is 38.1 Å². The molecule has 0 aliphatic heterocycles. The number of guanidine groups is 1. The summed E-state index contributed by atoms with van der Waals surface area (Å²) in [5.74, 6) is 2.81. The number of hydrogen-bond donors (Lipinski definition) is 2. The number of hydrogen-bond acceptors (Lipinski definition) is 5. The number of nitrogens with one attached hydrogen (secondary N) is 2. The second-order valence-electron chi connectivity index (χ2n) is 7.15. The number of carbonyl (C=O) groups is 1. The molecular formula is C23H34N4O4. The van der Waals surface area contributed by atoms with Crippen LogP contribution in [0.5, 0.6) is 11.5 Å². The molecule has 0 saturated carbocycles. The van der Waals surface area contributed by atoms with Gasteiger partial charge in [-0.3, -0.25) is 4.79 Å². The minimum atomic E-state index is -0.0702. The smallest absolute Gasteiger partial charge is 0.243 e. The monoisotopic (exact) mass is 430 g/mol. The lowest BCUT2D eigenvalue weighted by Crippen LogP contribution is -2.40. The van der Waals surface area contributed by atoms with Crippen LogP contribution >= 0.6 is 0 Å². The molecule has 2 aromatic rings. The van der Waals surface area contributed by atoms with Crippen LogP contribution in [0.3, 0.4) is 0 Å². The predicted molar refractivity (Wildman–Crippen MR) is 122 cm³/mol. The van der Waals surface area contributed by atoms with E-state index in [9.17, 15) is 4.79 Å². The summed E-state index contributed by atoms with van der Waals surface area (Å²) in [6, 6.07) is 9.60. The lowest BCUT2D eigenvalue weighted by molar-refractivity contribution is -0.127. The number of aliphatic imine (C=N–C) groups is 1. The number of furan rings is 1. The summed E-state index contributed by atoms with van der Waals surface area (Å²) in [6.07, 6.45) is 2.36. The molecule has 1 aromatic heterocycles. The van der Waals surface area contributed by atoms with Gasteiger partial charge in [-0.25, -0.2) is 4.99 Å². The van der Waals surface area contributed by atoms with E-state index in [0.29, 0.717) is 37.9 Å². The summed E-state index contributed by atoms with van der Waals surface area (Å²) in [4.78, 5) is 18.0. The molecule has 1 amide bonds. The van der Waals surface area contributed by atoms with E-state index in [2.05, 4.69) is 15.6 Å². The number of ether oxygens (including phenoxy) is 2. The minimum absolute atomic E-state index is 0.0588. The summed E-state index contributed by atoms with van der Waals surface area (Å²) >= 11 is 0. The van der Waals surface area contributed by atoms with Crippen molar-refractivity contribution in [1.82, 2.24) is 15.5 Å². The molecule has 0 bridgehead atoms. The highest BCUT2D eigenvalue weighted by Crippen LogP contribution is 2.30. The molecule has 1 unspecified atom stereocenters. The molecule has 2 N–H and O–H groups in total. The van der Waals surface area contributed by atoms with Gasteiger partial charge in [0.05, 0.1) is 25.5 Å². The van der Waals surface area contributed by atoms with Crippen molar-refractivity contribution in [2.45, 2.75) is 33.2 Å². The first kappa shape index (κ1) is 24.1. The van der Waals surface area contributed by atoms with Gasteiger partial charge >= 0.3 is 0 Å². The first-order chi connectivity index (χ1) is 14.9. The average molecular weight is 431 g/mol. The van der Waals surface area contributed by atoms with Gasteiger partial charge in [-0.15, -0.1) is 0 Å². The van der Waals surface area contributed by atoms with Crippen molar-refractivity contribution in [2.75, 3.05) is 40.4 Å². The number of likely N-dealkylation sites (N-methyl/N-ethyl adjacent to an activating group) is 1. The third-order valence-electron chi connectivity index (χ3n) is 4.54. The molecule has 0 fully saturated rings. The zero-order valence-electron chi connectivity index (χ0n) is 19.1. The Hall–Kier alpha value is -3.16. The Labute approximate surface area is 184 Å². The molecule has 1 heterocycles. The number of carbonyl (C=O) groups excluding carboxylic acids is 1. The molecule has 0 spiro atoms. The van der Waals surface area contributed by atoms with Gasteiger partial charge < -0.3 is 29.4 Å². The first-order valence-electron chi connectivity index (χ1n) is 10.6. The normalized spacial score (nSPS) is 12.2. The van der Waals surface area contributed by atoms with E-state index in [-0.39, 0.29) is 18.5 Å². The fourth-order valence-electron chi connectivity index (χ4n) is 2.83. The molecule has 0 aliphatic carbocycles. The lowest BCUT2D eigenvalue weighted by atomic mass is 10.1. The van der Waals surface area contributed by atoms with E-state index in [1.54, 1.807) is 20.4 Å². The zero-order valence-corrected chi connectivity index (χ0v) is 19.1. The Morgan fingerprint density at radius 1 is 1.16 bits per heavy atom. The molecule has 0 aliphatic rings. The quantitative estimate of drug-likeness (QED) is 0.421. The van der Waals surface area contributed by atoms with Crippen molar-refractivity contribution in [2.24, 2.45) is 4.99 Å². The molecule has 0 radical (unpaired) electrons. The van der Waals surface area contributed by atoms with Crippen molar-refractivity contribution in [3.05, 3.63) is 47.9 Å². The van der Waals surface area contributed by atoms with Crippen LogP contribution < -0.4 is 20.1 Å². The third kappa shape index (κ3) is 7.88. The molecular weight excluding hydrogens is 396 g/mol. The summed E-state index contributed by atoms with van der Waals surface area (Å²) in [5, 5.41) is 6.65. The molecule has 2 rings (SSSR count). The number of benzene rings is 1. The van der Waals surface area contributed by atoms with Crippen LogP contribution in [0.25, 0.3) is 0 Å². The average Bonchev–Trinajstić information content (AvgIpc) is 3.26. The van der Waals surface area contributed by atoms with Crippen LogP contribution in [-0.2, 0) is 11.2 Å². The molecule has 8 heteroatoms. The van der Waals surface area contributed by atoms with Crippen molar-refractivity contribution in [1.29, 1.82) is 0 Å². The second kappa shape index (κ2) is 12.5. The third-order valence-corrected chi connectivity index (χ3v) is 4.54. The fourth-order valence-corrected chi connectivity index (χ4v) is 2.83. The highest BCUT2D eigenvalue weighted by atomic mass is 16.5. The Morgan fingerprint density at radius 3 is 2.55 bits per heavy atom. The van der Waals surface area contributed by atoms with Crippen LogP contribution in [0.2, 0.25) is 0 Å². The first-order valence-corrected chi connectivity index (χ1v) is 10.6. The predicted octanol–water partition coefficient (Wildman–Crippen LogP) is 3.00. The van der Waals surface area contributed by atoms with Gasteiger partial charge in [0, 0.05) is 27.1 Å². The summed E-state index contributed by atoms with van der Waals surface area (Å²) in [6.45, 7) is 7.73. The summed E-state index contributed by atoms with van der Waals surface area (Å²) in [7, 11) is 3.43. The standard InChI is InChI=1S/C23H34N4O4/c1-6-29-20-11-10-18(15-21(20)30-7-2)17(3)26-23(25-16-22(28)27(4)5)24-13-12-19-9-8-14-31-19/h8-11,14-15,17H,6-7,12-13,16H2,1-5H3,(H2,24,25,26). The van der Waals surface area contributed by atoms with Gasteiger partial charge in [-0.2, -0.15) is 0 Å². The highest BCUT2D eigenvalue weighted by Gasteiger charge is 2.13. The zero-order chi connectivity index (χ0) is 22.6. The van der Waals surface area contributed by atoms with Crippen LogP contribution in [0.4, 0.5) is 0 Å². The van der Waals surface area contributed by atoms with Crippen molar-refractivity contribution < 1.29 is 18.7 Å². The van der Waals surface area contributed by atoms with E-state index in [1.165, 1.54) is 4.90 Å². The van der Waals surface area contributed by atoms with Crippen molar-refractivity contribution in [3.63, 3.8) is 0 Å². The molecule has 1 atom stereocenters. The van der Waals surface area contributed by atoms with Gasteiger partial charge in [0.25, 0.3) is 0 Å². The van der Waals surface area contributed by atoms with Crippen LogP contribution in [0.15, 0.2) is 46.0 Å².